The maximum Gasteiger partial charge on any atom is 0.407 e. The van der Waals surface area contributed by atoms with E-state index in [1.807, 2.05) is 11.4 Å². The SMILES string of the molecule is CCCCOC(=O)NCCNc1ncc2sccc2n1. The summed E-state index contributed by atoms with van der Waals surface area (Å²) in [6.07, 6.45) is 3.31. The number of nitrogens with zero attached hydrogens (tertiary/aromatic N) is 2. The zero-order valence-corrected chi connectivity index (χ0v) is 12.2. The molecule has 1 amide bonds. The molecule has 0 aliphatic carbocycles. The molecular formula is C13H18N4O2S. The van der Waals surface area contributed by atoms with Crippen molar-refractivity contribution < 1.29 is 9.53 Å². The summed E-state index contributed by atoms with van der Waals surface area (Å²) in [6.45, 7) is 3.54. The Balaban J connectivity index is 1.66. The summed E-state index contributed by atoms with van der Waals surface area (Å²) in [5, 5.41) is 7.71. The van der Waals surface area contributed by atoms with Crippen LogP contribution >= 0.6 is 11.3 Å². The molecule has 0 saturated heterocycles. The van der Waals surface area contributed by atoms with Crippen LogP contribution in [0.1, 0.15) is 19.8 Å². The van der Waals surface area contributed by atoms with E-state index in [0.717, 1.165) is 23.1 Å². The molecule has 7 heteroatoms. The van der Waals surface area contributed by atoms with E-state index in [-0.39, 0.29) is 6.09 Å². The third-order valence-electron chi connectivity index (χ3n) is 2.61. The Morgan fingerprint density at radius 1 is 1.45 bits per heavy atom. The molecule has 2 rings (SSSR count). The summed E-state index contributed by atoms with van der Waals surface area (Å²) in [5.74, 6) is 0.567. The summed E-state index contributed by atoms with van der Waals surface area (Å²) in [5.41, 5.74) is 0.930. The van der Waals surface area contributed by atoms with Crippen LogP contribution in [0.15, 0.2) is 17.6 Å². The zero-order chi connectivity index (χ0) is 14.2. The number of unbranched alkanes of at least 4 members (excludes halogenated alkanes) is 1. The summed E-state index contributed by atoms with van der Waals surface area (Å²) >= 11 is 1.61. The fraction of sp³-hybridized carbons (Fsp3) is 0.462. The topological polar surface area (TPSA) is 76.1 Å². The first-order valence-electron chi connectivity index (χ1n) is 6.64. The fourth-order valence-electron chi connectivity index (χ4n) is 1.55. The number of aromatic nitrogens is 2. The Bertz CT molecular complexity index is 558. The van der Waals surface area contributed by atoms with Crippen LogP contribution in [-0.4, -0.2) is 35.8 Å². The number of rotatable bonds is 7. The molecule has 0 aliphatic heterocycles. The maximum atomic E-state index is 11.3. The van der Waals surface area contributed by atoms with Crippen molar-refractivity contribution in [2.75, 3.05) is 25.0 Å². The zero-order valence-electron chi connectivity index (χ0n) is 11.4. The van der Waals surface area contributed by atoms with Gasteiger partial charge in [-0.05, 0) is 17.9 Å². The highest BCUT2D eigenvalue weighted by Crippen LogP contribution is 2.18. The quantitative estimate of drug-likeness (QED) is 0.768. The van der Waals surface area contributed by atoms with E-state index in [9.17, 15) is 4.79 Å². The van der Waals surface area contributed by atoms with Gasteiger partial charge in [-0.1, -0.05) is 13.3 Å². The Kier molecular flexibility index (Phi) is 5.55. The predicted molar refractivity (Wildman–Crippen MR) is 80.2 cm³/mol. The number of thiophene rings is 1. The van der Waals surface area contributed by atoms with Crippen LogP contribution in [0.2, 0.25) is 0 Å². The minimum Gasteiger partial charge on any atom is -0.450 e. The van der Waals surface area contributed by atoms with Gasteiger partial charge in [0.25, 0.3) is 0 Å². The minimum atomic E-state index is -0.380. The lowest BCUT2D eigenvalue weighted by molar-refractivity contribution is 0.145. The molecule has 0 aliphatic rings. The number of amides is 1. The van der Waals surface area contributed by atoms with Gasteiger partial charge in [0, 0.05) is 13.1 Å². The van der Waals surface area contributed by atoms with Gasteiger partial charge in [-0.25, -0.2) is 14.8 Å². The number of hydrogen-bond donors (Lipinski definition) is 2. The second kappa shape index (κ2) is 7.64. The second-order valence-electron chi connectivity index (χ2n) is 4.21. The third-order valence-corrected chi connectivity index (χ3v) is 3.45. The van der Waals surface area contributed by atoms with Crippen LogP contribution in [0.5, 0.6) is 0 Å². The highest BCUT2D eigenvalue weighted by molar-refractivity contribution is 7.17. The van der Waals surface area contributed by atoms with Crippen LogP contribution in [0, 0.1) is 0 Å². The summed E-state index contributed by atoms with van der Waals surface area (Å²) in [6, 6.07) is 1.95. The van der Waals surface area contributed by atoms with E-state index in [0.29, 0.717) is 25.6 Å². The van der Waals surface area contributed by atoms with Gasteiger partial charge < -0.3 is 15.4 Å². The molecular weight excluding hydrogens is 276 g/mol. The number of anilines is 1. The van der Waals surface area contributed by atoms with Gasteiger partial charge in [-0.3, -0.25) is 0 Å². The molecule has 2 aromatic rings. The van der Waals surface area contributed by atoms with E-state index >= 15 is 0 Å². The number of carbonyl (C=O) groups excluding carboxylic acids is 1. The van der Waals surface area contributed by atoms with Gasteiger partial charge in [-0.15, -0.1) is 11.3 Å². The van der Waals surface area contributed by atoms with Gasteiger partial charge >= 0.3 is 6.09 Å². The minimum absolute atomic E-state index is 0.380. The number of nitrogens with one attached hydrogen (secondary N) is 2. The number of fused-ring (bicyclic) bond motifs is 1. The molecule has 0 atom stereocenters. The molecule has 2 aromatic heterocycles. The van der Waals surface area contributed by atoms with Crippen molar-refractivity contribution in [3.05, 3.63) is 17.6 Å². The molecule has 6 nitrogen and oxygen atoms in total. The van der Waals surface area contributed by atoms with Crippen molar-refractivity contribution in [3.8, 4) is 0 Å². The average Bonchev–Trinajstić information content (AvgIpc) is 2.91. The van der Waals surface area contributed by atoms with E-state index in [1.165, 1.54) is 0 Å². The Labute approximate surface area is 121 Å². The molecule has 2 heterocycles. The molecule has 0 fully saturated rings. The van der Waals surface area contributed by atoms with Crippen LogP contribution < -0.4 is 10.6 Å². The number of ether oxygens (including phenoxy) is 1. The summed E-state index contributed by atoms with van der Waals surface area (Å²) < 4.78 is 6.04. The fourth-order valence-corrected chi connectivity index (χ4v) is 2.24. The van der Waals surface area contributed by atoms with Gasteiger partial charge in [0.05, 0.1) is 23.0 Å². The van der Waals surface area contributed by atoms with Crippen molar-refractivity contribution in [2.45, 2.75) is 19.8 Å². The molecule has 0 bridgehead atoms. The van der Waals surface area contributed by atoms with E-state index in [4.69, 9.17) is 4.74 Å². The predicted octanol–water partition coefficient (Wildman–Crippen LogP) is 2.63. The smallest absolute Gasteiger partial charge is 0.407 e. The average molecular weight is 294 g/mol. The largest absolute Gasteiger partial charge is 0.450 e. The standard InChI is InChI=1S/C13H18N4O2S/c1-2-3-7-19-13(18)15-6-5-14-12-16-9-11-10(17-12)4-8-20-11/h4,8-9H,2-3,5-7H2,1H3,(H,15,18)(H,14,16,17). The number of carbonyl (C=O) groups is 1. The Morgan fingerprint density at radius 2 is 2.35 bits per heavy atom. The monoisotopic (exact) mass is 294 g/mol. The third kappa shape index (κ3) is 4.34. The van der Waals surface area contributed by atoms with Gasteiger partial charge in [0.15, 0.2) is 0 Å². The lowest BCUT2D eigenvalue weighted by atomic mass is 10.4. The lowest BCUT2D eigenvalue weighted by Gasteiger charge is -2.07. The van der Waals surface area contributed by atoms with Gasteiger partial charge in [0.2, 0.25) is 5.95 Å². The van der Waals surface area contributed by atoms with E-state index in [2.05, 4.69) is 27.5 Å². The number of hydrogen-bond acceptors (Lipinski definition) is 6. The van der Waals surface area contributed by atoms with Crippen LogP contribution in [-0.2, 0) is 4.74 Å². The van der Waals surface area contributed by atoms with Crippen LogP contribution in [0.25, 0.3) is 10.2 Å². The first-order valence-corrected chi connectivity index (χ1v) is 7.52. The normalized spacial score (nSPS) is 10.4. The van der Waals surface area contributed by atoms with Crippen molar-refractivity contribution in [2.24, 2.45) is 0 Å². The molecule has 0 unspecified atom stereocenters. The highest BCUT2D eigenvalue weighted by Gasteiger charge is 2.02. The van der Waals surface area contributed by atoms with Crippen molar-refractivity contribution in [1.82, 2.24) is 15.3 Å². The molecule has 0 spiro atoms. The van der Waals surface area contributed by atoms with Gasteiger partial charge in [0.1, 0.15) is 0 Å². The highest BCUT2D eigenvalue weighted by atomic mass is 32.1. The van der Waals surface area contributed by atoms with E-state index < -0.39 is 0 Å². The first kappa shape index (κ1) is 14.5. The summed E-state index contributed by atoms with van der Waals surface area (Å²) in [4.78, 5) is 19.8. The number of alkyl carbamates (subject to hydrolysis) is 1. The van der Waals surface area contributed by atoms with Gasteiger partial charge in [-0.2, -0.15) is 0 Å². The second-order valence-corrected chi connectivity index (χ2v) is 5.15. The van der Waals surface area contributed by atoms with Crippen molar-refractivity contribution >= 4 is 33.6 Å². The molecule has 0 radical (unpaired) electrons. The lowest BCUT2D eigenvalue weighted by Crippen LogP contribution is -2.29. The molecule has 0 aromatic carbocycles. The maximum absolute atomic E-state index is 11.3. The molecule has 108 valence electrons. The van der Waals surface area contributed by atoms with Crippen LogP contribution in [0.3, 0.4) is 0 Å². The summed E-state index contributed by atoms with van der Waals surface area (Å²) in [7, 11) is 0. The van der Waals surface area contributed by atoms with Crippen LogP contribution in [0.4, 0.5) is 10.7 Å². The Hall–Kier alpha value is -1.89. The Morgan fingerprint density at radius 3 is 3.20 bits per heavy atom. The van der Waals surface area contributed by atoms with Crippen molar-refractivity contribution in [1.29, 1.82) is 0 Å². The molecule has 20 heavy (non-hydrogen) atoms. The van der Waals surface area contributed by atoms with Crippen molar-refractivity contribution in [3.63, 3.8) is 0 Å². The first-order chi connectivity index (χ1) is 9.79. The van der Waals surface area contributed by atoms with E-state index in [1.54, 1.807) is 17.5 Å². The molecule has 2 N–H and O–H groups in total. The molecule has 0 saturated carbocycles.